The van der Waals surface area contributed by atoms with Crippen LogP contribution >= 0.6 is 0 Å². The lowest BCUT2D eigenvalue weighted by Gasteiger charge is -2.03. The molecule has 1 unspecified atom stereocenters. The van der Waals surface area contributed by atoms with Gasteiger partial charge in [0.25, 0.3) is 0 Å². The number of rotatable bonds is 2. The average Bonchev–Trinajstić information content (AvgIpc) is 2.63. The normalized spacial score (nSPS) is 23.2. The molecule has 1 aliphatic rings. The smallest absolute Gasteiger partial charge is 0.377 e. The van der Waals surface area contributed by atoms with Crippen LogP contribution in [0.1, 0.15) is 18.7 Å². The first-order valence-electron chi connectivity index (χ1n) is 4.00. The molecule has 1 N–H and O–H groups in total. The van der Waals surface area contributed by atoms with E-state index in [4.69, 9.17) is 9.26 Å². The Morgan fingerprint density at radius 3 is 3.17 bits per heavy atom. The first-order chi connectivity index (χ1) is 5.84. The lowest BCUT2D eigenvalue weighted by molar-refractivity contribution is 0.104. The molecule has 0 bridgehead atoms. The zero-order chi connectivity index (χ0) is 8.39. The molecule has 0 aromatic carbocycles. The lowest BCUT2D eigenvalue weighted by Crippen LogP contribution is -2.10. The zero-order valence-corrected chi connectivity index (χ0v) is 6.58. The molecule has 1 aromatic heterocycles. The molecule has 1 fully saturated rings. The Kier molecular flexibility index (Phi) is 1.95. The maximum absolute atomic E-state index is 10.6. The van der Waals surface area contributed by atoms with Crippen molar-refractivity contribution in [2.75, 3.05) is 6.61 Å². The second-order valence-corrected chi connectivity index (χ2v) is 2.85. The quantitative estimate of drug-likeness (QED) is 0.682. The van der Waals surface area contributed by atoms with Gasteiger partial charge in [-0.05, 0) is 12.8 Å². The molecule has 5 nitrogen and oxygen atoms in total. The number of aromatic amines is 1. The first kappa shape index (κ1) is 7.54. The van der Waals surface area contributed by atoms with Crippen molar-refractivity contribution >= 4 is 0 Å². The Balaban J connectivity index is 1.98. The van der Waals surface area contributed by atoms with E-state index in [1.807, 2.05) is 0 Å². The summed E-state index contributed by atoms with van der Waals surface area (Å²) in [7, 11) is 0. The second kappa shape index (κ2) is 3.10. The summed E-state index contributed by atoms with van der Waals surface area (Å²) in [6, 6.07) is 0. The van der Waals surface area contributed by atoms with Crippen LogP contribution in [-0.4, -0.2) is 22.9 Å². The van der Waals surface area contributed by atoms with E-state index in [0.29, 0.717) is 12.3 Å². The standard InChI is InChI=1S/C7H10N2O3/c10-7-8-6(12-9-7)4-5-2-1-3-11-5/h5H,1-4H2,(H,9,10). The van der Waals surface area contributed by atoms with Gasteiger partial charge in [0.1, 0.15) is 0 Å². The van der Waals surface area contributed by atoms with Crippen LogP contribution in [0.5, 0.6) is 0 Å². The maximum atomic E-state index is 10.6. The molecule has 2 rings (SSSR count). The monoisotopic (exact) mass is 170 g/mol. The van der Waals surface area contributed by atoms with Crippen molar-refractivity contribution < 1.29 is 9.26 Å². The highest BCUT2D eigenvalue weighted by atomic mass is 16.5. The largest absolute Gasteiger partial charge is 0.378 e. The van der Waals surface area contributed by atoms with Gasteiger partial charge in [0.05, 0.1) is 12.5 Å². The van der Waals surface area contributed by atoms with Gasteiger partial charge >= 0.3 is 5.69 Å². The van der Waals surface area contributed by atoms with E-state index in [1.54, 1.807) is 0 Å². The van der Waals surface area contributed by atoms with Gasteiger partial charge in [-0.15, -0.1) is 0 Å². The van der Waals surface area contributed by atoms with Crippen LogP contribution in [0.4, 0.5) is 0 Å². The molecule has 0 saturated carbocycles. The van der Waals surface area contributed by atoms with Crippen molar-refractivity contribution in [1.82, 2.24) is 10.1 Å². The van der Waals surface area contributed by atoms with Gasteiger partial charge in [-0.3, -0.25) is 0 Å². The third kappa shape index (κ3) is 1.55. The Labute approximate surface area is 68.7 Å². The molecule has 1 saturated heterocycles. The molecular formula is C7H10N2O3. The van der Waals surface area contributed by atoms with Crippen LogP contribution in [0.2, 0.25) is 0 Å². The van der Waals surface area contributed by atoms with E-state index in [2.05, 4.69) is 10.1 Å². The van der Waals surface area contributed by atoms with E-state index >= 15 is 0 Å². The van der Waals surface area contributed by atoms with Gasteiger partial charge in [0.2, 0.25) is 5.89 Å². The second-order valence-electron chi connectivity index (χ2n) is 2.85. The number of nitrogens with zero attached hydrogens (tertiary/aromatic N) is 1. The highest BCUT2D eigenvalue weighted by Crippen LogP contribution is 2.14. The topological polar surface area (TPSA) is 68.1 Å². The summed E-state index contributed by atoms with van der Waals surface area (Å²) >= 11 is 0. The predicted molar refractivity (Wildman–Crippen MR) is 39.8 cm³/mol. The molecule has 5 heteroatoms. The van der Waals surface area contributed by atoms with E-state index in [0.717, 1.165) is 19.4 Å². The SMILES string of the molecule is O=c1nc(CC2CCCO2)o[nH]1. The summed E-state index contributed by atoms with van der Waals surface area (Å²) < 4.78 is 10.1. The molecule has 1 aromatic rings. The van der Waals surface area contributed by atoms with Gasteiger partial charge in [0.15, 0.2) is 0 Å². The summed E-state index contributed by atoms with van der Waals surface area (Å²) in [5.41, 5.74) is -0.428. The van der Waals surface area contributed by atoms with E-state index < -0.39 is 5.69 Å². The number of H-pyrrole nitrogens is 1. The zero-order valence-electron chi connectivity index (χ0n) is 6.58. The van der Waals surface area contributed by atoms with Crippen LogP contribution in [-0.2, 0) is 11.2 Å². The minimum atomic E-state index is -0.428. The van der Waals surface area contributed by atoms with E-state index in [-0.39, 0.29) is 6.10 Å². The Bertz CT molecular complexity index is 298. The third-order valence-corrected chi connectivity index (χ3v) is 1.91. The molecule has 0 spiro atoms. The number of hydrogen-bond donors (Lipinski definition) is 1. The molecule has 1 atom stereocenters. The highest BCUT2D eigenvalue weighted by molar-refractivity contribution is 4.81. The van der Waals surface area contributed by atoms with Crippen LogP contribution in [0.15, 0.2) is 9.32 Å². The number of ether oxygens (including phenoxy) is 1. The van der Waals surface area contributed by atoms with Crippen LogP contribution < -0.4 is 5.69 Å². The molecule has 0 radical (unpaired) electrons. The van der Waals surface area contributed by atoms with E-state index in [9.17, 15) is 4.79 Å². The van der Waals surface area contributed by atoms with Crippen LogP contribution in [0, 0.1) is 0 Å². The first-order valence-corrected chi connectivity index (χ1v) is 4.00. The fourth-order valence-electron chi connectivity index (χ4n) is 1.35. The Morgan fingerprint density at radius 1 is 1.67 bits per heavy atom. The highest BCUT2D eigenvalue weighted by Gasteiger charge is 2.18. The average molecular weight is 170 g/mol. The van der Waals surface area contributed by atoms with Gasteiger partial charge in [-0.25, -0.2) is 4.79 Å². The Morgan fingerprint density at radius 2 is 2.58 bits per heavy atom. The van der Waals surface area contributed by atoms with E-state index in [1.165, 1.54) is 0 Å². The summed E-state index contributed by atoms with van der Waals surface area (Å²) in [4.78, 5) is 14.2. The summed E-state index contributed by atoms with van der Waals surface area (Å²) in [6.07, 6.45) is 2.88. The molecule has 12 heavy (non-hydrogen) atoms. The minimum absolute atomic E-state index is 0.177. The van der Waals surface area contributed by atoms with Gasteiger partial charge in [-0.1, -0.05) is 0 Å². The van der Waals surface area contributed by atoms with Crippen molar-refractivity contribution in [1.29, 1.82) is 0 Å². The van der Waals surface area contributed by atoms with Crippen molar-refractivity contribution in [3.8, 4) is 0 Å². The fourth-order valence-corrected chi connectivity index (χ4v) is 1.35. The minimum Gasteiger partial charge on any atom is -0.378 e. The van der Waals surface area contributed by atoms with Gasteiger partial charge in [-0.2, -0.15) is 10.1 Å². The van der Waals surface area contributed by atoms with Gasteiger partial charge < -0.3 is 9.26 Å². The summed E-state index contributed by atoms with van der Waals surface area (Å²) in [5, 5.41) is 2.15. The van der Waals surface area contributed by atoms with Crippen LogP contribution in [0.25, 0.3) is 0 Å². The lowest BCUT2D eigenvalue weighted by atomic mass is 10.2. The molecule has 2 heterocycles. The van der Waals surface area contributed by atoms with Gasteiger partial charge in [0, 0.05) is 6.61 Å². The van der Waals surface area contributed by atoms with Crippen LogP contribution in [0.3, 0.4) is 0 Å². The summed E-state index contributed by atoms with van der Waals surface area (Å²) in [6.45, 7) is 0.805. The van der Waals surface area contributed by atoms with Crippen molar-refractivity contribution in [3.05, 3.63) is 16.4 Å². The Hall–Kier alpha value is -1.10. The molecule has 0 aliphatic carbocycles. The number of hydrogen-bond acceptors (Lipinski definition) is 4. The summed E-state index contributed by atoms with van der Waals surface area (Å²) in [5.74, 6) is 0.437. The fraction of sp³-hybridized carbons (Fsp3) is 0.714. The van der Waals surface area contributed by atoms with Crippen molar-refractivity contribution in [2.24, 2.45) is 0 Å². The predicted octanol–water partition coefficient (Wildman–Crippen LogP) is 0.0844. The van der Waals surface area contributed by atoms with Crippen molar-refractivity contribution in [3.63, 3.8) is 0 Å². The van der Waals surface area contributed by atoms with Crippen molar-refractivity contribution in [2.45, 2.75) is 25.4 Å². The third-order valence-electron chi connectivity index (χ3n) is 1.91. The molecule has 0 amide bonds. The molecular weight excluding hydrogens is 160 g/mol. The molecule has 66 valence electrons. The maximum Gasteiger partial charge on any atom is 0.377 e. The number of aromatic nitrogens is 2. The number of nitrogens with one attached hydrogen (secondary N) is 1. The molecule has 1 aliphatic heterocycles.